The van der Waals surface area contributed by atoms with Crippen LogP contribution in [-0.2, 0) is 17.6 Å². The number of benzene rings is 1. The number of rotatable bonds is 5. The lowest BCUT2D eigenvalue weighted by molar-refractivity contribution is -0.909. The molecule has 1 aliphatic heterocycles. The molecule has 4 rings (SSSR count). The molecule has 1 fully saturated rings. The Kier molecular flexibility index (Phi) is 5.91. The van der Waals surface area contributed by atoms with E-state index in [1.807, 2.05) is 18.2 Å². The Morgan fingerprint density at radius 3 is 2.85 bits per heavy atom. The zero-order valence-corrected chi connectivity index (χ0v) is 16.8. The van der Waals surface area contributed by atoms with Crippen molar-refractivity contribution in [2.24, 2.45) is 5.92 Å². The number of thiophene rings is 1. The first-order valence-corrected chi connectivity index (χ1v) is 10.9. The molecule has 0 bridgehead atoms. The second-order valence-electron chi connectivity index (χ2n) is 7.91. The number of morpholine rings is 1. The van der Waals surface area contributed by atoms with E-state index in [0.717, 1.165) is 56.5 Å². The first-order chi connectivity index (χ1) is 13.2. The van der Waals surface area contributed by atoms with Gasteiger partial charge in [0.2, 0.25) is 0 Å². The summed E-state index contributed by atoms with van der Waals surface area (Å²) in [5.41, 5.74) is 2.57. The summed E-state index contributed by atoms with van der Waals surface area (Å²) in [4.78, 5) is 16.8. The van der Waals surface area contributed by atoms with Crippen LogP contribution in [-0.4, -0.2) is 38.8 Å². The van der Waals surface area contributed by atoms with Crippen molar-refractivity contribution in [2.45, 2.75) is 32.2 Å². The number of nitrogens with one attached hydrogen (secondary N) is 2. The van der Waals surface area contributed by atoms with Crippen LogP contribution in [0.3, 0.4) is 0 Å². The third-order valence-electron chi connectivity index (χ3n) is 5.75. The van der Waals surface area contributed by atoms with E-state index in [-0.39, 0.29) is 11.9 Å². The van der Waals surface area contributed by atoms with Crippen molar-refractivity contribution in [1.82, 2.24) is 5.32 Å². The Morgan fingerprint density at radius 1 is 1.30 bits per heavy atom. The highest BCUT2D eigenvalue weighted by Crippen LogP contribution is 2.32. The highest BCUT2D eigenvalue weighted by molar-refractivity contribution is 7.14. The van der Waals surface area contributed by atoms with Crippen molar-refractivity contribution >= 4 is 17.2 Å². The number of amides is 1. The standard InChI is InChI=1S/C22H28N2O2S/c1-16-7-8-20-18(13-16)14-21(27-20)22(25)23-19(17-5-3-2-4-6-17)15-24-9-11-26-12-10-24/h2-6,14,16,19H,7-13,15H2,1H3,(H,23,25)/p+1/t16-,19+/m0/s1. The first-order valence-electron chi connectivity index (χ1n) is 10.1. The highest BCUT2D eigenvalue weighted by Gasteiger charge is 2.25. The minimum Gasteiger partial charge on any atom is -0.370 e. The zero-order chi connectivity index (χ0) is 18.6. The van der Waals surface area contributed by atoms with Gasteiger partial charge in [0.25, 0.3) is 5.91 Å². The smallest absolute Gasteiger partial charge is 0.262 e. The fourth-order valence-electron chi connectivity index (χ4n) is 4.14. The number of hydrogen-bond acceptors (Lipinski definition) is 3. The molecule has 1 aromatic carbocycles. The Balaban J connectivity index is 1.49. The zero-order valence-electron chi connectivity index (χ0n) is 16.0. The van der Waals surface area contributed by atoms with Crippen LogP contribution in [0.25, 0.3) is 0 Å². The van der Waals surface area contributed by atoms with E-state index in [1.54, 1.807) is 11.3 Å². The number of carbonyl (C=O) groups excluding carboxylic acids is 1. The minimum absolute atomic E-state index is 0.0323. The summed E-state index contributed by atoms with van der Waals surface area (Å²) in [7, 11) is 0. The molecular formula is C22H29N2O2S+. The average Bonchev–Trinajstić information content (AvgIpc) is 3.12. The molecular weight excluding hydrogens is 356 g/mol. The Labute approximate surface area is 165 Å². The molecule has 1 saturated heterocycles. The molecule has 2 aliphatic rings. The molecule has 4 nitrogen and oxygen atoms in total. The number of ether oxygens (including phenoxy) is 1. The highest BCUT2D eigenvalue weighted by atomic mass is 32.1. The van der Waals surface area contributed by atoms with Crippen molar-refractivity contribution in [2.75, 3.05) is 32.8 Å². The number of fused-ring (bicyclic) bond motifs is 1. The molecule has 1 amide bonds. The van der Waals surface area contributed by atoms with Crippen molar-refractivity contribution in [3.05, 3.63) is 57.3 Å². The molecule has 2 aromatic rings. The van der Waals surface area contributed by atoms with E-state index in [9.17, 15) is 4.79 Å². The largest absolute Gasteiger partial charge is 0.370 e. The molecule has 27 heavy (non-hydrogen) atoms. The maximum Gasteiger partial charge on any atom is 0.262 e. The molecule has 1 aromatic heterocycles. The van der Waals surface area contributed by atoms with Gasteiger partial charge in [-0.1, -0.05) is 37.3 Å². The molecule has 0 saturated carbocycles. The van der Waals surface area contributed by atoms with Gasteiger partial charge in [-0.15, -0.1) is 11.3 Å². The lowest BCUT2D eigenvalue weighted by Crippen LogP contribution is -3.14. The third-order valence-corrected chi connectivity index (χ3v) is 6.99. The van der Waals surface area contributed by atoms with Gasteiger partial charge in [0.15, 0.2) is 0 Å². The summed E-state index contributed by atoms with van der Waals surface area (Å²) >= 11 is 1.69. The normalized spacial score (nSPS) is 21.4. The van der Waals surface area contributed by atoms with Gasteiger partial charge in [0, 0.05) is 4.88 Å². The van der Waals surface area contributed by atoms with Gasteiger partial charge in [0.1, 0.15) is 25.7 Å². The van der Waals surface area contributed by atoms with Gasteiger partial charge < -0.3 is 15.0 Å². The van der Waals surface area contributed by atoms with Crippen LogP contribution in [0.2, 0.25) is 0 Å². The van der Waals surface area contributed by atoms with Crippen LogP contribution in [0.5, 0.6) is 0 Å². The summed E-state index contributed by atoms with van der Waals surface area (Å²) in [5.74, 6) is 0.800. The third kappa shape index (κ3) is 4.60. The van der Waals surface area contributed by atoms with E-state index in [4.69, 9.17) is 4.74 Å². The molecule has 2 atom stereocenters. The number of carbonyl (C=O) groups is 1. The lowest BCUT2D eigenvalue weighted by atomic mass is 9.90. The van der Waals surface area contributed by atoms with E-state index < -0.39 is 0 Å². The average molecular weight is 386 g/mol. The fraction of sp³-hybridized carbons (Fsp3) is 0.500. The number of aryl methyl sites for hydroxylation is 1. The maximum atomic E-state index is 13.0. The van der Waals surface area contributed by atoms with Crippen LogP contribution in [0.1, 0.15) is 45.1 Å². The molecule has 0 spiro atoms. The molecule has 0 unspecified atom stereocenters. The van der Waals surface area contributed by atoms with Crippen molar-refractivity contribution in [3.63, 3.8) is 0 Å². The van der Waals surface area contributed by atoms with Crippen LogP contribution >= 0.6 is 11.3 Å². The quantitative estimate of drug-likeness (QED) is 0.829. The summed E-state index contributed by atoms with van der Waals surface area (Å²) < 4.78 is 5.49. The van der Waals surface area contributed by atoms with Crippen LogP contribution in [0, 0.1) is 5.92 Å². The Hall–Kier alpha value is -1.69. The maximum absolute atomic E-state index is 13.0. The summed E-state index contributed by atoms with van der Waals surface area (Å²) in [5, 5.41) is 3.33. The monoisotopic (exact) mass is 385 g/mol. The Bertz CT molecular complexity index is 768. The van der Waals surface area contributed by atoms with E-state index in [2.05, 4.69) is 30.4 Å². The molecule has 144 valence electrons. The summed E-state index contributed by atoms with van der Waals surface area (Å²) in [6.45, 7) is 6.83. The minimum atomic E-state index is 0.0323. The van der Waals surface area contributed by atoms with Gasteiger partial charge in [0.05, 0.1) is 18.1 Å². The molecule has 2 N–H and O–H groups in total. The van der Waals surface area contributed by atoms with Crippen LogP contribution < -0.4 is 10.2 Å². The number of quaternary nitrogens is 1. The molecule has 5 heteroatoms. The van der Waals surface area contributed by atoms with Crippen molar-refractivity contribution in [3.8, 4) is 0 Å². The summed E-state index contributed by atoms with van der Waals surface area (Å²) in [6.07, 6.45) is 3.47. The van der Waals surface area contributed by atoms with Gasteiger partial charge in [-0.3, -0.25) is 4.79 Å². The van der Waals surface area contributed by atoms with E-state index in [0.29, 0.717) is 0 Å². The predicted octanol–water partition coefficient (Wildman–Crippen LogP) is 2.26. The van der Waals surface area contributed by atoms with Crippen LogP contribution in [0.15, 0.2) is 36.4 Å². The van der Waals surface area contributed by atoms with E-state index in [1.165, 1.54) is 27.3 Å². The molecule has 1 aliphatic carbocycles. The summed E-state index contributed by atoms with van der Waals surface area (Å²) in [6, 6.07) is 12.5. The van der Waals surface area contributed by atoms with Gasteiger partial charge >= 0.3 is 0 Å². The van der Waals surface area contributed by atoms with Crippen molar-refractivity contribution < 1.29 is 14.4 Å². The number of hydrogen-bond donors (Lipinski definition) is 2. The van der Waals surface area contributed by atoms with Crippen LogP contribution in [0.4, 0.5) is 0 Å². The van der Waals surface area contributed by atoms with Gasteiger partial charge in [-0.2, -0.15) is 0 Å². The second-order valence-corrected chi connectivity index (χ2v) is 9.05. The fourth-order valence-corrected chi connectivity index (χ4v) is 5.25. The second kappa shape index (κ2) is 8.55. The SMILES string of the molecule is C[C@H]1CCc2sc(C(=O)N[C@H](C[NH+]3CCOCC3)c3ccccc3)cc2C1. The predicted molar refractivity (Wildman–Crippen MR) is 109 cm³/mol. The topological polar surface area (TPSA) is 42.8 Å². The van der Waals surface area contributed by atoms with Crippen molar-refractivity contribution in [1.29, 1.82) is 0 Å². The Morgan fingerprint density at radius 2 is 2.07 bits per heavy atom. The molecule has 0 radical (unpaired) electrons. The van der Waals surface area contributed by atoms with Gasteiger partial charge in [-0.05, 0) is 42.4 Å². The lowest BCUT2D eigenvalue weighted by Gasteiger charge is -2.28. The molecule has 2 heterocycles. The first kappa shape index (κ1) is 18.7. The van der Waals surface area contributed by atoms with Gasteiger partial charge in [-0.25, -0.2) is 0 Å². The van der Waals surface area contributed by atoms with E-state index >= 15 is 0 Å².